The second-order valence-electron chi connectivity index (χ2n) is 8.67. The van der Waals surface area contributed by atoms with E-state index in [9.17, 15) is 0 Å². The molecule has 0 amide bonds. The third kappa shape index (κ3) is 4.85. The van der Waals surface area contributed by atoms with Gasteiger partial charge in [-0.05, 0) is 53.1 Å². The number of hydrogen-bond donors (Lipinski definition) is 0. The third-order valence-corrected chi connectivity index (χ3v) is 5.71. The van der Waals surface area contributed by atoms with E-state index in [1.165, 1.54) is 33.5 Å². The molecule has 2 heteroatoms. The lowest BCUT2D eigenvalue weighted by Gasteiger charge is -2.23. The van der Waals surface area contributed by atoms with Gasteiger partial charge >= 0.3 is 0 Å². The van der Waals surface area contributed by atoms with Crippen molar-refractivity contribution in [2.24, 2.45) is 0 Å². The number of aromatic nitrogens is 2. The van der Waals surface area contributed by atoms with Gasteiger partial charge in [0.15, 0.2) is 0 Å². The molecule has 1 heterocycles. The van der Waals surface area contributed by atoms with Crippen molar-refractivity contribution >= 4 is 0 Å². The first kappa shape index (κ1) is 23.5. The molecule has 0 atom stereocenters. The second kappa shape index (κ2) is 10.5. The maximum absolute atomic E-state index is 4.72. The zero-order chi connectivity index (χ0) is 23.3. The maximum Gasteiger partial charge on any atom is 0.144 e. The van der Waals surface area contributed by atoms with Gasteiger partial charge in [-0.15, -0.1) is 0 Å². The summed E-state index contributed by atoms with van der Waals surface area (Å²) in [6, 6.07) is 24.0. The van der Waals surface area contributed by atoms with E-state index in [4.69, 9.17) is 4.98 Å². The van der Waals surface area contributed by atoms with Gasteiger partial charge < -0.3 is 0 Å². The molecular weight excluding hydrogens is 388 g/mol. The Labute approximate surface area is 194 Å². The average molecular weight is 425 g/mol. The van der Waals surface area contributed by atoms with Gasteiger partial charge in [0, 0.05) is 18.0 Å². The minimum atomic E-state index is 0.397. The highest BCUT2D eigenvalue weighted by Gasteiger charge is 2.20. The first-order chi connectivity index (χ1) is 15.5. The Kier molecular flexibility index (Phi) is 7.69. The lowest BCUT2D eigenvalue weighted by molar-refractivity contribution is 0.807. The first-order valence-electron chi connectivity index (χ1n) is 11.8. The van der Waals surface area contributed by atoms with E-state index >= 15 is 0 Å². The number of rotatable bonds is 5. The molecule has 0 fully saturated rings. The van der Waals surface area contributed by atoms with Crippen LogP contribution >= 0.6 is 0 Å². The van der Waals surface area contributed by atoms with E-state index < -0.39 is 0 Å². The third-order valence-electron chi connectivity index (χ3n) is 5.71. The Hall–Kier alpha value is -3.13. The molecular formula is C30H36N2. The molecule has 32 heavy (non-hydrogen) atoms. The molecule has 4 aromatic rings. The summed E-state index contributed by atoms with van der Waals surface area (Å²) in [5, 5.41) is 0. The molecule has 0 saturated heterocycles. The fourth-order valence-electron chi connectivity index (χ4n) is 4.04. The zero-order valence-corrected chi connectivity index (χ0v) is 20.6. The van der Waals surface area contributed by atoms with Crippen LogP contribution in [0.2, 0.25) is 0 Å². The van der Waals surface area contributed by atoms with Crippen molar-refractivity contribution < 1.29 is 0 Å². The van der Waals surface area contributed by atoms with Gasteiger partial charge in [0.2, 0.25) is 0 Å². The van der Waals surface area contributed by atoms with E-state index in [2.05, 4.69) is 106 Å². The van der Waals surface area contributed by atoms with Gasteiger partial charge in [-0.2, -0.15) is 0 Å². The minimum absolute atomic E-state index is 0.397. The van der Waals surface area contributed by atoms with Gasteiger partial charge in [0.1, 0.15) is 5.82 Å². The van der Waals surface area contributed by atoms with Crippen LogP contribution in [0, 0.1) is 6.92 Å². The van der Waals surface area contributed by atoms with Crippen molar-refractivity contribution in [1.82, 2.24) is 9.55 Å². The lowest BCUT2D eigenvalue weighted by atomic mass is 9.88. The Morgan fingerprint density at radius 1 is 0.688 bits per heavy atom. The van der Waals surface area contributed by atoms with Crippen molar-refractivity contribution in [3.8, 4) is 28.2 Å². The Balaban J connectivity index is 0.00000141. The van der Waals surface area contributed by atoms with Crippen LogP contribution in [0.25, 0.3) is 28.2 Å². The molecule has 0 spiro atoms. The highest BCUT2D eigenvalue weighted by atomic mass is 15.1. The predicted octanol–water partition coefficient (Wildman–Crippen LogP) is 8.79. The van der Waals surface area contributed by atoms with Crippen LogP contribution in [-0.4, -0.2) is 9.55 Å². The molecule has 0 aliphatic carbocycles. The summed E-state index contributed by atoms with van der Waals surface area (Å²) in [5.74, 6) is 1.78. The Bertz CT molecular complexity index is 1100. The first-order valence-corrected chi connectivity index (χ1v) is 11.8. The van der Waals surface area contributed by atoms with Crippen molar-refractivity contribution in [3.05, 3.63) is 95.8 Å². The van der Waals surface area contributed by atoms with Crippen molar-refractivity contribution in [3.63, 3.8) is 0 Å². The van der Waals surface area contributed by atoms with Crippen LogP contribution in [0.15, 0.2) is 79.1 Å². The number of hydrogen-bond acceptors (Lipinski definition) is 1. The quantitative estimate of drug-likeness (QED) is 0.313. The summed E-state index contributed by atoms with van der Waals surface area (Å²) in [6.07, 6.45) is 4.01. The summed E-state index contributed by atoms with van der Waals surface area (Å²) < 4.78 is 2.28. The van der Waals surface area contributed by atoms with Crippen molar-refractivity contribution in [2.45, 2.75) is 60.3 Å². The smallest absolute Gasteiger partial charge is 0.144 e. The molecule has 166 valence electrons. The van der Waals surface area contributed by atoms with E-state index in [0.29, 0.717) is 11.8 Å². The highest BCUT2D eigenvalue weighted by molar-refractivity contribution is 5.71. The predicted molar refractivity (Wildman–Crippen MR) is 139 cm³/mol. The van der Waals surface area contributed by atoms with Crippen LogP contribution in [0.3, 0.4) is 0 Å². The monoisotopic (exact) mass is 424 g/mol. The molecule has 0 saturated carbocycles. The second-order valence-corrected chi connectivity index (χ2v) is 8.67. The molecule has 0 aliphatic heterocycles. The average Bonchev–Trinajstić information content (AvgIpc) is 3.30. The lowest BCUT2D eigenvalue weighted by Crippen LogP contribution is -2.08. The Morgan fingerprint density at radius 3 is 1.78 bits per heavy atom. The number of nitrogens with zero attached hydrogens (tertiary/aromatic N) is 2. The maximum atomic E-state index is 4.72. The molecule has 4 rings (SSSR count). The fourth-order valence-corrected chi connectivity index (χ4v) is 4.04. The minimum Gasteiger partial charge on any atom is -0.299 e. The summed E-state index contributed by atoms with van der Waals surface area (Å²) in [4.78, 5) is 4.72. The Morgan fingerprint density at radius 2 is 1.25 bits per heavy atom. The number of imidazole rings is 1. The van der Waals surface area contributed by atoms with E-state index in [1.54, 1.807) is 0 Å². The van der Waals surface area contributed by atoms with Gasteiger partial charge in [-0.25, -0.2) is 4.98 Å². The van der Waals surface area contributed by atoms with E-state index in [1.807, 2.05) is 26.1 Å². The molecule has 0 radical (unpaired) electrons. The van der Waals surface area contributed by atoms with E-state index in [-0.39, 0.29) is 0 Å². The van der Waals surface area contributed by atoms with Crippen LogP contribution in [0.4, 0.5) is 0 Å². The van der Waals surface area contributed by atoms with Crippen molar-refractivity contribution in [2.75, 3.05) is 0 Å². The summed E-state index contributed by atoms with van der Waals surface area (Å²) in [6.45, 7) is 15.3. The molecule has 0 N–H and O–H groups in total. The normalized spacial score (nSPS) is 10.9. The molecule has 0 aliphatic rings. The zero-order valence-electron chi connectivity index (χ0n) is 20.6. The summed E-state index contributed by atoms with van der Waals surface area (Å²) in [5.41, 5.74) is 8.95. The van der Waals surface area contributed by atoms with Gasteiger partial charge in [0.25, 0.3) is 0 Å². The van der Waals surface area contributed by atoms with Crippen LogP contribution in [0.5, 0.6) is 0 Å². The largest absolute Gasteiger partial charge is 0.299 e. The summed E-state index contributed by atoms with van der Waals surface area (Å²) >= 11 is 0. The van der Waals surface area contributed by atoms with Gasteiger partial charge in [-0.1, -0.05) is 102 Å². The molecule has 0 unspecified atom stereocenters. The highest BCUT2D eigenvalue weighted by Crippen LogP contribution is 2.37. The SMILES string of the molecule is CC.Cc1ccc(-c2cc(C(C)C)c(-n3ccnc3-c3ccccc3)c(C(C)C)c2)cc1. The van der Waals surface area contributed by atoms with Crippen LogP contribution in [-0.2, 0) is 0 Å². The standard InChI is InChI=1S/C28H30N2.C2H6/c1-19(2)25-17-24(22-13-11-21(5)12-14-22)18-26(20(3)4)27(25)30-16-15-29-28(30)23-9-7-6-8-10-23;1-2/h6-20H,1-5H3;1-2H3. The number of aryl methyl sites for hydroxylation is 1. The van der Waals surface area contributed by atoms with E-state index in [0.717, 1.165) is 11.4 Å². The molecule has 2 nitrogen and oxygen atoms in total. The van der Waals surface area contributed by atoms with Gasteiger partial charge in [0.05, 0.1) is 5.69 Å². The van der Waals surface area contributed by atoms with Crippen molar-refractivity contribution in [1.29, 1.82) is 0 Å². The topological polar surface area (TPSA) is 17.8 Å². The summed E-state index contributed by atoms with van der Waals surface area (Å²) in [7, 11) is 0. The number of benzene rings is 3. The molecule has 1 aromatic heterocycles. The van der Waals surface area contributed by atoms with Crippen LogP contribution in [0.1, 0.15) is 70.1 Å². The fraction of sp³-hybridized carbons (Fsp3) is 0.300. The molecule has 0 bridgehead atoms. The molecule has 3 aromatic carbocycles. The van der Waals surface area contributed by atoms with Crippen LogP contribution < -0.4 is 0 Å². The van der Waals surface area contributed by atoms with Gasteiger partial charge in [-0.3, -0.25) is 4.57 Å².